The minimum Gasteiger partial charge on any atom is -0.464 e. The monoisotopic (exact) mass is 415 g/mol. The van der Waals surface area contributed by atoms with E-state index in [9.17, 15) is 14.4 Å². The van der Waals surface area contributed by atoms with Gasteiger partial charge in [-0.3, -0.25) is 14.4 Å². The molecule has 0 aliphatic carbocycles. The molecule has 1 amide bonds. The molecular weight excluding hydrogens is 394 g/mol. The predicted octanol–water partition coefficient (Wildman–Crippen LogP) is 4.90. The molecule has 0 fully saturated rings. The van der Waals surface area contributed by atoms with Gasteiger partial charge in [0.2, 0.25) is 0 Å². The van der Waals surface area contributed by atoms with Gasteiger partial charge in [-0.1, -0.05) is 30.3 Å². The number of benzene rings is 3. The average Bonchev–Trinajstić information content (AvgIpc) is 3.17. The van der Waals surface area contributed by atoms with Crippen LogP contribution in [0, 0.1) is 0 Å². The largest absolute Gasteiger partial charge is 0.464 e. The zero-order valence-corrected chi connectivity index (χ0v) is 17.2. The Morgan fingerprint density at radius 1 is 1.00 bits per heavy atom. The Hall–Kier alpha value is -3.93. The van der Waals surface area contributed by atoms with Crippen LogP contribution in [-0.4, -0.2) is 23.8 Å². The molecule has 0 spiro atoms. The third-order valence-electron chi connectivity index (χ3n) is 5.11. The van der Waals surface area contributed by atoms with Crippen LogP contribution in [0.3, 0.4) is 0 Å². The van der Waals surface area contributed by atoms with E-state index in [0.717, 1.165) is 16.2 Å². The van der Waals surface area contributed by atoms with Gasteiger partial charge in [-0.15, -0.1) is 0 Å². The normalized spacial score (nSPS) is 11.9. The van der Waals surface area contributed by atoms with Crippen molar-refractivity contribution in [2.45, 2.75) is 26.4 Å². The highest BCUT2D eigenvalue weighted by molar-refractivity contribution is 6.08. The Balaban J connectivity index is 1.43. The number of hydrogen-bond acceptors (Lipinski definition) is 5. The highest BCUT2D eigenvalue weighted by Gasteiger charge is 2.20. The number of Topliss-reactive ketones (excluding diaryl/α,β-unsaturated/α-hetero) is 1. The number of anilines is 1. The molecule has 0 aliphatic rings. The summed E-state index contributed by atoms with van der Waals surface area (Å²) in [4.78, 5) is 36.2. The molecule has 1 atom stereocenters. The van der Waals surface area contributed by atoms with Gasteiger partial charge in [0.1, 0.15) is 5.58 Å². The molecule has 6 nitrogen and oxygen atoms in total. The fraction of sp³-hybridized carbons (Fsp3) is 0.160. The summed E-state index contributed by atoms with van der Waals surface area (Å²) in [6.07, 6.45) is 0.570. The maximum Gasteiger partial charge on any atom is 0.311 e. The molecule has 31 heavy (non-hydrogen) atoms. The molecule has 0 aliphatic heterocycles. The topological polar surface area (TPSA) is 85.6 Å². The molecule has 4 aromatic rings. The quantitative estimate of drug-likeness (QED) is 0.358. The van der Waals surface area contributed by atoms with Gasteiger partial charge in [-0.25, -0.2) is 0 Å². The number of fused-ring (bicyclic) bond motifs is 3. The maximum atomic E-state index is 12.5. The van der Waals surface area contributed by atoms with Gasteiger partial charge in [-0.05, 0) is 55.0 Å². The van der Waals surface area contributed by atoms with Crippen LogP contribution in [0.25, 0.3) is 21.7 Å². The zero-order valence-electron chi connectivity index (χ0n) is 17.2. The summed E-state index contributed by atoms with van der Waals surface area (Å²) in [5.74, 6) is -1.03. The van der Waals surface area contributed by atoms with E-state index in [1.165, 1.54) is 13.8 Å². The summed E-state index contributed by atoms with van der Waals surface area (Å²) < 4.78 is 10.9. The number of hydrogen-bond donors (Lipinski definition) is 1. The molecule has 1 N–H and O–H groups in total. The summed E-state index contributed by atoms with van der Waals surface area (Å²) in [5, 5.41) is 5.60. The van der Waals surface area contributed by atoms with Crippen LogP contribution in [-0.2, 0) is 20.7 Å². The van der Waals surface area contributed by atoms with Gasteiger partial charge in [0.25, 0.3) is 5.91 Å². The van der Waals surface area contributed by atoms with Crippen LogP contribution in [0.15, 0.2) is 71.3 Å². The van der Waals surface area contributed by atoms with Crippen molar-refractivity contribution in [1.29, 1.82) is 0 Å². The summed E-state index contributed by atoms with van der Waals surface area (Å²) in [6, 6.07) is 18.2. The molecule has 0 saturated carbocycles. The molecule has 1 heterocycles. The molecule has 156 valence electrons. The van der Waals surface area contributed by atoms with Gasteiger partial charge in [0.15, 0.2) is 11.9 Å². The van der Waals surface area contributed by atoms with E-state index >= 15 is 0 Å². The minimum absolute atomic E-state index is 0.00800. The lowest BCUT2D eigenvalue weighted by molar-refractivity contribution is -0.152. The molecule has 3 aromatic carbocycles. The molecule has 0 unspecified atom stereocenters. The van der Waals surface area contributed by atoms with E-state index in [0.29, 0.717) is 22.4 Å². The smallest absolute Gasteiger partial charge is 0.311 e. The first kappa shape index (κ1) is 20.3. The molecule has 0 saturated heterocycles. The second-order valence-corrected chi connectivity index (χ2v) is 7.35. The first-order chi connectivity index (χ1) is 14.9. The first-order valence-corrected chi connectivity index (χ1v) is 9.91. The van der Waals surface area contributed by atoms with Crippen molar-refractivity contribution in [3.63, 3.8) is 0 Å². The number of esters is 1. The number of amides is 1. The number of ether oxygens (including phenoxy) is 1. The van der Waals surface area contributed by atoms with Crippen LogP contribution >= 0.6 is 0 Å². The number of furan rings is 1. The summed E-state index contributed by atoms with van der Waals surface area (Å²) in [7, 11) is 0. The lowest BCUT2D eigenvalue weighted by atomic mass is 10.0. The van der Waals surface area contributed by atoms with Crippen molar-refractivity contribution in [1.82, 2.24) is 0 Å². The Morgan fingerprint density at radius 2 is 1.74 bits per heavy atom. The third kappa shape index (κ3) is 4.33. The highest BCUT2D eigenvalue weighted by Crippen LogP contribution is 2.30. The lowest BCUT2D eigenvalue weighted by Crippen LogP contribution is -2.30. The number of ketones is 1. The van der Waals surface area contributed by atoms with Crippen molar-refractivity contribution in [2.75, 3.05) is 5.32 Å². The number of nitrogens with one attached hydrogen (secondary N) is 1. The van der Waals surface area contributed by atoms with E-state index in [1.807, 2.05) is 36.4 Å². The summed E-state index contributed by atoms with van der Waals surface area (Å²) in [5.41, 5.74) is 2.48. The Bertz CT molecular complexity index is 1290. The van der Waals surface area contributed by atoms with Crippen molar-refractivity contribution < 1.29 is 23.5 Å². The Kier molecular flexibility index (Phi) is 5.54. The van der Waals surface area contributed by atoms with Gasteiger partial charge in [0.05, 0.1) is 12.7 Å². The van der Waals surface area contributed by atoms with Crippen LogP contribution in [0.5, 0.6) is 0 Å². The van der Waals surface area contributed by atoms with Gasteiger partial charge < -0.3 is 14.5 Å². The van der Waals surface area contributed by atoms with Crippen molar-refractivity contribution in [3.8, 4) is 0 Å². The predicted molar refractivity (Wildman–Crippen MR) is 118 cm³/mol. The van der Waals surface area contributed by atoms with Crippen molar-refractivity contribution >= 4 is 45.1 Å². The number of carbonyl (C=O) groups is 3. The van der Waals surface area contributed by atoms with E-state index in [4.69, 9.17) is 9.15 Å². The number of carbonyl (C=O) groups excluding carboxylic acids is 3. The standard InChI is InChI=1S/C25H21NO5/c1-15(27)17-7-10-20(11-8-17)26-25(29)16(2)31-23(28)13-19-14-30-22-12-9-18-5-3-4-6-21(18)24(19)22/h3-12,14,16H,13H2,1-2H3,(H,26,29)/t16-/m0/s1. The third-order valence-corrected chi connectivity index (χ3v) is 5.11. The SMILES string of the molecule is CC(=O)c1ccc(NC(=O)[C@H](C)OC(=O)Cc2coc3ccc4ccccc4c23)cc1. The molecule has 4 rings (SSSR count). The van der Waals surface area contributed by atoms with E-state index in [1.54, 1.807) is 30.5 Å². The average molecular weight is 415 g/mol. The van der Waals surface area contributed by atoms with E-state index in [-0.39, 0.29) is 12.2 Å². The van der Waals surface area contributed by atoms with E-state index < -0.39 is 18.0 Å². The molecule has 6 heteroatoms. The maximum absolute atomic E-state index is 12.5. The fourth-order valence-electron chi connectivity index (χ4n) is 3.48. The van der Waals surface area contributed by atoms with Crippen molar-refractivity contribution in [2.24, 2.45) is 0 Å². The second-order valence-electron chi connectivity index (χ2n) is 7.35. The molecule has 1 aromatic heterocycles. The molecule has 0 radical (unpaired) electrons. The summed E-state index contributed by atoms with van der Waals surface area (Å²) in [6.45, 7) is 2.99. The van der Waals surface area contributed by atoms with Gasteiger partial charge in [0, 0.05) is 22.2 Å². The van der Waals surface area contributed by atoms with Crippen LogP contribution < -0.4 is 5.32 Å². The van der Waals surface area contributed by atoms with E-state index in [2.05, 4.69) is 5.32 Å². The Labute approximate surface area is 178 Å². The molecular formula is C25H21NO5. The number of rotatable bonds is 6. The van der Waals surface area contributed by atoms with Gasteiger partial charge in [-0.2, -0.15) is 0 Å². The first-order valence-electron chi connectivity index (χ1n) is 9.91. The lowest BCUT2D eigenvalue weighted by Gasteiger charge is -2.13. The second kappa shape index (κ2) is 8.44. The highest BCUT2D eigenvalue weighted by atomic mass is 16.5. The zero-order chi connectivity index (χ0) is 22.0. The van der Waals surface area contributed by atoms with Crippen LogP contribution in [0.4, 0.5) is 5.69 Å². The van der Waals surface area contributed by atoms with Crippen LogP contribution in [0.2, 0.25) is 0 Å². The molecule has 0 bridgehead atoms. The fourth-order valence-corrected chi connectivity index (χ4v) is 3.48. The van der Waals surface area contributed by atoms with Gasteiger partial charge >= 0.3 is 5.97 Å². The van der Waals surface area contributed by atoms with Crippen LogP contribution in [0.1, 0.15) is 29.8 Å². The van der Waals surface area contributed by atoms with Crippen molar-refractivity contribution in [3.05, 3.63) is 78.1 Å². The Morgan fingerprint density at radius 3 is 2.48 bits per heavy atom. The minimum atomic E-state index is -0.977. The summed E-state index contributed by atoms with van der Waals surface area (Å²) >= 11 is 0.